The molecule has 0 spiro atoms. The minimum Gasteiger partial charge on any atom is -0.347 e. The normalized spacial score (nSPS) is 10.1. The van der Waals surface area contributed by atoms with Crippen LogP contribution >= 0.6 is 0 Å². The molecule has 6 heteroatoms. The van der Waals surface area contributed by atoms with Gasteiger partial charge in [-0.05, 0) is 18.2 Å². The van der Waals surface area contributed by atoms with Gasteiger partial charge in [-0.3, -0.25) is 10.1 Å². The van der Waals surface area contributed by atoms with E-state index in [1.807, 2.05) is 0 Å². The number of nitrogens with one attached hydrogen (secondary N) is 1. The minimum absolute atomic E-state index is 0.104. The van der Waals surface area contributed by atoms with E-state index in [-0.39, 0.29) is 17.1 Å². The maximum Gasteiger partial charge on any atom is 0.292 e. The summed E-state index contributed by atoms with van der Waals surface area (Å²) in [6.45, 7) is 0. The van der Waals surface area contributed by atoms with Gasteiger partial charge in [-0.15, -0.1) is 0 Å². The molecule has 0 radical (unpaired) electrons. The average molecular weight is 250 g/mol. The summed E-state index contributed by atoms with van der Waals surface area (Å²) in [5.41, 5.74) is -0.252. The van der Waals surface area contributed by atoms with Crippen LogP contribution in [0.5, 0.6) is 0 Å². The number of halogens is 2. The van der Waals surface area contributed by atoms with Crippen LogP contribution in [0.4, 0.5) is 25.8 Å². The number of rotatable bonds is 3. The van der Waals surface area contributed by atoms with Crippen molar-refractivity contribution in [3.63, 3.8) is 0 Å². The molecule has 4 nitrogen and oxygen atoms in total. The molecule has 2 rings (SSSR count). The Morgan fingerprint density at radius 1 is 1.00 bits per heavy atom. The van der Waals surface area contributed by atoms with Gasteiger partial charge >= 0.3 is 0 Å². The fourth-order valence-corrected chi connectivity index (χ4v) is 1.48. The summed E-state index contributed by atoms with van der Waals surface area (Å²) in [7, 11) is 0. The number of hydrogen-bond donors (Lipinski definition) is 1. The molecule has 0 fully saturated rings. The molecule has 0 saturated heterocycles. The first-order chi connectivity index (χ1) is 8.59. The van der Waals surface area contributed by atoms with Crippen molar-refractivity contribution in [1.82, 2.24) is 0 Å². The zero-order chi connectivity index (χ0) is 13.1. The Morgan fingerprint density at radius 3 is 2.39 bits per heavy atom. The van der Waals surface area contributed by atoms with E-state index in [1.54, 1.807) is 6.07 Å². The van der Waals surface area contributed by atoms with Gasteiger partial charge in [-0.1, -0.05) is 18.2 Å². The van der Waals surface area contributed by atoms with E-state index >= 15 is 0 Å². The molecule has 2 aromatic rings. The number of nitrogens with zero attached hydrogens (tertiary/aromatic N) is 1. The highest BCUT2D eigenvalue weighted by Gasteiger charge is 2.15. The van der Waals surface area contributed by atoms with Crippen LogP contribution < -0.4 is 5.32 Å². The number of benzene rings is 2. The molecule has 0 saturated carbocycles. The van der Waals surface area contributed by atoms with Crippen molar-refractivity contribution in [2.45, 2.75) is 0 Å². The van der Waals surface area contributed by atoms with Crippen LogP contribution in [0.15, 0.2) is 42.5 Å². The van der Waals surface area contributed by atoms with Gasteiger partial charge in [0.05, 0.1) is 10.6 Å². The second-order valence-electron chi connectivity index (χ2n) is 3.50. The Hall–Kier alpha value is -2.50. The summed E-state index contributed by atoms with van der Waals surface area (Å²) in [4.78, 5) is 10.2. The van der Waals surface area contributed by atoms with Gasteiger partial charge < -0.3 is 5.32 Å². The van der Waals surface area contributed by atoms with Gasteiger partial charge in [-0.2, -0.15) is 0 Å². The Morgan fingerprint density at radius 2 is 1.67 bits per heavy atom. The largest absolute Gasteiger partial charge is 0.347 e. The van der Waals surface area contributed by atoms with E-state index in [0.29, 0.717) is 0 Å². The molecule has 0 aliphatic carbocycles. The molecule has 18 heavy (non-hydrogen) atoms. The molecule has 0 bridgehead atoms. The molecular formula is C12H8F2N2O2. The predicted molar refractivity (Wildman–Crippen MR) is 62.7 cm³/mol. The summed E-state index contributed by atoms with van der Waals surface area (Å²) in [6.07, 6.45) is 0. The summed E-state index contributed by atoms with van der Waals surface area (Å²) in [5.74, 6) is -2.09. The maximum absolute atomic E-state index is 13.4. The average Bonchev–Trinajstić information content (AvgIpc) is 2.35. The molecule has 0 heterocycles. The van der Waals surface area contributed by atoms with Crippen molar-refractivity contribution in [3.05, 3.63) is 64.2 Å². The van der Waals surface area contributed by atoms with Gasteiger partial charge in [0, 0.05) is 6.07 Å². The number of para-hydroxylation sites is 2. The first-order valence-electron chi connectivity index (χ1n) is 5.04. The van der Waals surface area contributed by atoms with Gasteiger partial charge in [0.25, 0.3) is 5.69 Å². The Bertz CT molecular complexity index is 602. The first kappa shape index (κ1) is 12.0. The molecule has 0 amide bonds. The summed E-state index contributed by atoms with van der Waals surface area (Å²) in [5, 5.41) is 13.3. The van der Waals surface area contributed by atoms with Crippen molar-refractivity contribution >= 4 is 17.1 Å². The van der Waals surface area contributed by atoms with E-state index in [9.17, 15) is 18.9 Å². The van der Waals surface area contributed by atoms with Crippen LogP contribution in [-0.4, -0.2) is 4.92 Å². The molecule has 1 N–H and O–H groups in total. The van der Waals surface area contributed by atoms with Gasteiger partial charge in [0.15, 0.2) is 11.6 Å². The second-order valence-corrected chi connectivity index (χ2v) is 3.50. The zero-order valence-electron chi connectivity index (χ0n) is 9.06. The number of anilines is 2. The third-order valence-corrected chi connectivity index (χ3v) is 2.32. The van der Waals surface area contributed by atoms with E-state index < -0.39 is 16.6 Å². The lowest BCUT2D eigenvalue weighted by Gasteiger charge is -2.08. The molecule has 0 atom stereocenters. The quantitative estimate of drug-likeness (QED) is 0.668. The smallest absolute Gasteiger partial charge is 0.292 e. The van der Waals surface area contributed by atoms with Crippen LogP contribution in [0.25, 0.3) is 0 Å². The third kappa shape index (κ3) is 2.27. The first-order valence-corrected chi connectivity index (χ1v) is 5.04. The molecule has 92 valence electrons. The van der Waals surface area contributed by atoms with Crippen LogP contribution in [0, 0.1) is 21.7 Å². The van der Waals surface area contributed by atoms with Gasteiger partial charge in [-0.25, -0.2) is 8.78 Å². The highest BCUT2D eigenvalue weighted by molar-refractivity contribution is 5.69. The van der Waals surface area contributed by atoms with Gasteiger partial charge in [0.1, 0.15) is 5.69 Å². The van der Waals surface area contributed by atoms with Crippen molar-refractivity contribution in [2.75, 3.05) is 5.32 Å². The number of hydrogen-bond acceptors (Lipinski definition) is 3. The van der Waals surface area contributed by atoms with Crippen molar-refractivity contribution in [1.29, 1.82) is 0 Å². The lowest BCUT2D eigenvalue weighted by Crippen LogP contribution is -1.99. The molecule has 0 aromatic heterocycles. The van der Waals surface area contributed by atoms with Crippen LogP contribution in [0.1, 0.15) is 0 Å². The molecule has 0 aliphatic rings. The highest BCUT2D eigenvalue weighted by atomic mass is 19.2. The highest BCUT2D eigenvalue weighted by Crippen LogP contribution is 2.28. The lowest BCUT2D eigenvalue weighted by atomic mass is 10.2. The molecular weight excluding hydrogens is 242 g/mol. The molecule has 0 unspecified atom stereocenters. The van der Waals surface area contributed by atoms with E-state index in [4.69, 9.17) is 0 Å². The minimum atomic E-state index is -1.07. The van der Waals surface area contributed by atoms with E-state index in [0.717, 1.165) is 6.07 Å². The molecule has 0 aliphatic heterocycles. The van der Waals surface area contributed by atoms with Crippen molar-refractivity contribution < 1.29 is 13.7 Å². The maximum atomic E-state index is 13.4. The number of nitro benzene ring substituents is 1. The summed E-state index contributed by atoms with van der Waals surface area (Å²) in [6, 6.07) is 9.34. The third-order valence-electron chi connectivity index (χ3n) is 2.32. The van der Waals surface area contributed by atoms with Crippen LogP contribution in [-0.2, 0) is 0 Å². The van der Waals surface area contributed by atoms with Crippen molar-refractivity contribution in [3.8, 4) is 0 Å². The molecule has 2 aromatic carbocycles. The fraction of sp³-hybridized carbons (Fsp3) is 0. The van der Waals surface area contributed by atoms with Crippen LogP contribution in [0.2, 0.25) is 0 Å². The lowest BCUT2D eigenvalue weighted by molar-refractivity contribution is -0.383. The van der Waals surface area contributed by atoms with Gasteiger partial charge in [0.2, 0.25) is 0 Å². The standard InChI is InChI=1S/C12H8F2N2O2/c13-8-4-3-6-10(12(8)14)15-9-5-1-2-7-11(9)16(17)18/h1-7,15H. The fourth-order valence-electron chi connectivity index (χ4n) is 1.48. The number of nitro groups is 1. The SMILES string of the molecule is O=[N+]([O-])c1ccccc1Nc1cccc(F)c1F. The Balaban J connectivity index is 2.40. The zero-order valence-corrected chi connectivity index (χ0v) is 9.06. The Labute approximate surface area is 101 Å². The van der Waals surface area contributed by atoms with E-state index in [1.165, 1.54) is 30.3 Å². The predicted octanol–water partition coefficient (Wildman–Crippen LogP) is 3.62. The summed E-state index contributed by atoms with van der Waals surface area (Å²) < 4.78 is 26.4. The van der Waals surface area contributed by atoms with Crippen molar-refractivity contribution in [2.24, 2.45) is 0 Å². The second kappa shape index (κ2) is 4.79. The Kier molecular flexibility index (Phi) is 3.18. The monoisotopic (exact) mass is 250 g/mol. The van der Waals surface area contributed by atoms with Crippen LogP contribution in [0.3, 0.4) is 0 Å². The van der Waals surface area contributed by atoms with E-state index in [2.05, 4.69) is 5.32 Å². The summed E-state index contributed by atoms with van der Waals surface area (Å²) >= 11 is 0. The topological polar surface area (TPSA) is 55.2 Å².